The molecule has 7 atom stereocenters. The number of hydrogen-bond donors (Lipinski definition) is 2. The van der Waals surface area contributed by atoms with E-state index in [-0.39, 0.29) is 51.3 Å². The van der Waals surface area contributed by atoms with Gasteiger partial charge in [-0.25, -0.2) is 9.64 Å². The third-order valence-electron chi connectivity index (χ3n) is 12.2. The minimum atomic E-state index is -0.660. The van der Waals surface area contributed by atoms with Gasteiger partial charge in [0.15, 0.2) is 11.6 Å². The SMILES string of the molecule is [C-]#[N+]C1=C[C@]2(C)C3=CC(=O)[C@@H]4[C@@H]5CC(C)(C)CC[C@]5(NC(N)=O)CC[C@@]4(C)[C@]3(C)CC[C@H]2C(C)(C)C1=O. The van der Waals surface area contributed by atoms with E-state index in [4.69, 9.17) is 12.3 Å². The quantitative estimate of drug-likeness (QED) is 0.429. The molecule has 6 heteroatoms. The summed E-state index contributed by atoms with van der Waals surface area (Å²) in [6.07, 6.45) is 9.94. The summed E-state index contributed by atoms with van der Waals surface area (Å²) in [6.45, 7) is 23.0. The van der Waals surface area contributed by atoms with E-state index in [9.17, 15) is 14.4 Å². The Bertz CT molecular complexity index is 1200. The molecule has 3 saturated carbocycles. The van der Waals surface area contributed by atoms with Crippen LogP contribution in [0.3, 0.4) is 0 Å². The number of hydrogen-bond acceptors (Lipinski definition) is 3. The van der Waals surface area contributed by atoms with Crippen molar-refractivity contribution in [3.8, 4) is 0 Å². The lowest BCUT2D eigenvalue weighted by Crippen LogP contribution is -2.70. The highest BCUT2D eigenvalue weighted by Crippen LogP contribution is 2.73. The molecule has 2 amide bonds. The van der Waals surface area contributed by atoms with E-state index in [1.807, 2.05) is 26.0 Å². The number of amides is 2. The highest BCUT2D eigenvalue weighted by atomic mass is 16.2. The molecule has 6 nitrogen and oxygen atoms in total. The first-order valence-corrected chi connectivity index (χ1v) is 14.0. The molecule has 0 radical (unpaired) electrons. The van der Waals surface area contributed by atoms with Crippen molar-refractivity contribution < 1.29 is 14.4 Å². The van der Waals surface area contributed by atoms with Crippen molar-refractivity contribution in [3.05, 3.63) is 34.8 Å². The van der Waals surface area contributed by atoms with Crippen molar-refractivity contribution in [2.75, 3.05) is 0 Å². The van der Waals surface area contributed by atoms with Gasteiger partial charge >= 0.3 is 6.03 Å². The first kappa shape index (κ1) is 26.2. The number of rotatable bonds is 1. The molecule has 5 aliphatic carbocycles. The largest absolute Gasteiger partial charge is 0.352 e. The zero-order chi connectivity index (χ0) is 27.4. The van der Waals surface area contributed by atoms with Gasteiger partial charge in [0.1, 0.15) is 0 Å². The highest BCUT2D eigenvalue weighted by Gasteiger charge is 2.69. The number of carbonyl (C=O) groups is 3. The molecule has 0 aromatic carbocycles. The van der Waals surface area contributed by atoms with Gasteiger partial charge < -0.3 is 15.8 Å². The second-order valence-electron chi connectivity index (χ2n) is 14.9. The summed E-state index contributed by atoms with van der Waals surface area (Å²) < 4.78 is 0. The number of urea groups is 1. The third-order valence-corrected chi connectivity index (χ3v) is 12.2. The Morgan fingerprint density at radius 1 is 1.03 bits per heavy atom. The summed E-state index contributed by atoms with van der Waals surface area (Å²) in [5, 5.41) is 3.16. The smallest absolute Gasteiger partial charge is 0.312 e. The summed E-state index contributed by atoms with van der Waals surface area (Å²) in [7, 11) is 0. The standard InChI is InChI=1S/C31H43N3O3/c1-26(2)11-13-31(34-25(32)37)14-12-30(7)23(18(31)16-26)20(35)15-22-28(5)17-19(33-8)24(36)27(3,4)21(28)9-10-29(22,30)6/h15,17-18,21,23H,9-14,16H2,1-7H3,(H3,32,34,37)/t18-,21-,23-,28-,29+,30+,31-/m0/s1. The van der Waals surface area contributed by atoms with E-state index in [1.165, 1.54) is 0 Å². The van der Waals surface area contributed by atoms with E-state index in [0.717, 1.165) is 50.5 Å². The van der Waals surface area contributed by atoms with Crippen molar-refractivity contribution in [3.63, 3.8) is 0 Å². The zero-order valence-corrected chi connectivity index (χ0v) is 23.6. The lowest BCUT2D eigenvalue weighted by Gasteiger charge is -2.69. The molecule has 3 N–H and O–H groups in total. The average molecular weight is 506 g/mol. The normalized spacial score (nSPS) is 45.6. The van der Waals surface area contributed by atoms with Crippen LogP contribution in [0.1, 0.15) is 93.4 Å². The zero-order valence-electron chi connectivity index (χ0n) is 23.6. The fourth-order valence-electron chi connectivity index (χ4n) is 10.1. The molecule has 0 bridgehead atoms. The second kappa shape index (κ2) is 7.58. The molecule has 37 heavy (non-hydrogen) atoms. The van der Waals surface area contributed by atoms with Crippen LogP contribution < -0.4 is 11.1 Å². The Hall–Kier alpha value is -2.42. The highest BCUT2D eigenvalue weighted by molar-refractivity contribution is 6.03. The maximum atomic E-state index is 14.3. The van der Waals surface area contributed by atoms with Crippen LogP contribution in [0.4, 0.5) is 4.79 Å². The van der Waals surface area contributed by atoms with Crippen LogP contribution in [0.25, 0.3) is 4.85 Å². The number of nitrogens with one attached hydrogen (secondary N) is 1. The molecule has 0 aliphatic heterocycles. The van der Waals surface area contributed by atoms with Crippen molar-refractivity contribution in [1.29, 1.82) is 0 Å². The fraction of sp³-hybridized carbons (Fsp3) is 0.742. The van der Waals surface area contributed by atoms with E-state index in [2.05, 4.69) is 44.8 Å². The van der Waals surface area contributed by atoms with Gasteiger partial charge in [-0.1, -0.05) is 60.1 Å². The molecule has 5 aliphatic rings. The Labute approximate surface area is 221 Å². The number of nitrogens with two attached hydrogens (primary N) is 1. The maximum Gasteiger partial charge on any atom is 0.312 e. The van der Waals surface area contributed by atoms with Crippen molar-refractivity contribution in [1.82, 2.24) is 5.32 Å². The summed E-state index contributed by atoms with van der Waals surface area (Å²) in [5.74, 6) is -0.0803. The maximum absolute atomic E-state index is 14.3. The number of ketones is 2. The molecule has 0 saturated heterocycles. The first-order chi connectivity index (χ1) is 17.0. The van der Waals surface area contributed by atoms with Crippen molar-refractivity contribution in [2.45, 2.75) is 99.0 Å². The molecular weight excluding hydrogens is 462 g/mol. The predicted molar refractivity (Wildman–Crippen MR) is 143 cm³/mol. The van der Waals surface area contributed by atoms with Crippen LogP contribution in [0.15, 0.2) is 23.4 Å². The molecule has 0 aromatic rings. The summed E-state index contributed by atoms with van der Waals surface area (Å²) in [4.78, 5) is 43.4. The van der Waals surface area contributed by atoms with Crippen LogP contribution in [0.2, 0.25) is 0 Å². The van der Waals surface area contributed by atoms with Gasteiger partial charge in [-0.3, -0.25) is 4.79 Å². The van der Waals surface area contributed by atoms with E-state index in [0.29, 0.717) is 0 Å². The number of carbonyl (C=O) groups excluding carboxylic acids is 3. The minimum Gasteiger partial charge on any atom is -0.352 e. The average Bonchev–Trinajstić information content (AvgIpc) is 2.78. The number of Topliss-reactive ketones (excluding diaryl/α,β-unsaturated/α-hetero) is 1. The van der Waals surface area contributed by atoms with Gasteiger partial charge in [0.2, 0.25) is 5.70 Å². The summed E-state index contributed by atoms with van der Waals surface area (Å²) in [5.41, 5.74) is 4.93. The Balaban J connectivity index is 1.69. The number of primary amides is 1. The molecule has 3 fully saturated rings. The van der Waals surface area contributed by atoms with Crippen LogP contribution >= 0.6 is 0 Å². The lowest BCUT2D eigenvalue weighted by molar-refractivity contribution is -0.160. The Kier molecular flexibility index (Phi) is 5.37. The molecule has 0 spiro atoms. The fourth-order valence-corrected chi connectivity index (χ4v) is 10.1. The number of allylic oxidation sites excluding steroid dienone is 4. The molecule has 0 heterocycles. The molecular formula is C31H43N3O3. The van der Waals surface area contributed by atoms with Crippen LogP contribution in [-0.2, 0) is 9.59 Å². The topological polar surface area (TPSA) is 93.6 Å². The second-order valence-corrected chi connectivity index (χ2v) is 14.9. The van der Waals surface area contributed by atoms with Crippen molar-refractivity contribution in [2.24, 2.45) is 50.6 Å². The first-order valence-electron chi connectivity index (χ1n) is 14.0. The van der Waals surface area contributed by atoms with Gasteiger partial charge in [-0.2, -0.15) is 0 Å². The third kappa shape index (κ3) is 3.25. The van der Waals surface area contributed by atoms with Crippen molar-refractivity contribution >= 4 is 17.6 Å². The van der Waals surface area contributed by atoms with Gasteiger partial charge in [0.25, 0.3) is 0 Å². The molecule has 5 rings (SSSR count). The summed E-state index contributed by atoms with van der Waals surface area (Å²) in [6, 6.07) is -0.502. The van der Waals surface area contributed by atoms with E-state index >= 15 is 0 Å². The Morgan fingerprint density at radius 2 is 1.68 bits per heavy atom. The molecule has 0 unspecified atom stereocenters. The van der Waals surface area contributed by atoms with E-state index < -0.39 is 22.4 Å². The molecule has 200 valence electrons. The Morgan fingerprint density at radius 3 is 2.30 bits per heavy atom. The predicted octanol–water partition coefficient (Wildman–Crippen LogP) is 5.98. The van der Waals surface area contributed by atoms with Gasteiger partial charge in [-0.05, 0) is 79.1 Å². The van der Waals surface area contributed by atoms with Crippen LogP contribution in [0, 0.1) is 51.4 Å². The van der Waals surface area contributed by atoms with E-state index in [1.54, 1.807) is 0 Å². The van der Waals surface area contributed by atoms with Crippen LogP contribution in [0.5, 0.6) is 0 Å². The number of nitrogens with zero attached hydrogens (tertiary/aromatic N) is 1. The molecule has 0 aromatic heterocycles. The van der Waals surface area contributed by atoms with Gasteiger partial charge in [-0.15, -0.1) is 0 Å². The van der Waals surface area contributed by atoms with Gasteiger partial charge in [0.05, 0.1) is 6.57 Å². The monoisotopic (exact) mass is 505 g/mol. The summed E-state index contributed by atoms with van der Waals surface area (Å²) >= 11 is 0. The number of fused-ring (bicyclic) bond motifs is 7. The van der Waals surface area contributed by atoms with Gasteiger partial charge in [0, 0.05) is 22.3 Å². The minimum absolute atomic E-state index is 0.0221. The van der Waals surface area contributed by atoms with Crippen LogP contribution in [-0.4, -0.2) is 23.1 Å². The lowest BCUT2D eigenvalue weighted by atomic mass is 9.35.